The zero-order chi connectivity index (χ0) is 11.2. The van der Waals surface area contributed by atoms with Gasteiger partial charge < -0.3 is 10.8 Å². The van der Waals surface area contributed by atoms with Gasteiger partial charge in [0.1, 0.15) is 17.2 Å². The van der Waals surface area contributed by atoms with Crippen molar-refractivity contribution < 1.29 is 18.7 Å². The molecule has 1 aliphatic rings. The monoisotopic (exact) mass is 213 g/mol. The summed E-state index contributed by atoms with van der Waals surface area (Å²) < 4.78 is 26.1. The van der Waals surface area contributed by atoms with Gasteiger partial charge in [-0.15, -0.1) is 0 Å². The van der Waals surface area contributed by atoms with E-state index in [2.05, 4.69) is 0 Å². The van der Waals surface area contributed by atoms with E-state index in [1.807, 2.05) is 0 Å². The highest BCUT2D eigenvalue weighted by atomic mass is 19.1. The second-order valence-electron chi connectivity index (χ2n) is 3.77. The molecular weight excluding hydrogens is 204 g/mol. The summed E-state index contributed by atoms with van der Waals surface area (Å²) in [6.45, 7) is 0. The normalized spacial score (nSPS) is 28.9. The van der Waals surface area contributed by atoms with Gasteiger partial charge in [-0.3, -0.25) is 4.79 Å². The molecular formula is C10H9F2NO2. The molecule has 2 atom stereocenters. The summed E-state index contributed by atoms with van der Waals surface area (Å²) in [6, 6.07) is 2.96. The number of rotatable bonds is 2. The molecule has 0 radical (unpaired) electrons. The predicted molar refractivity (Wildman–Crippen MR) is 48.3 cm³/mol. The van der Waals surface area contributed by atoms with E-state index in [1.165, 1.54) is 0 Å². The highest BCUT2D eigenvalue weighted by Gasteiger charge is 2.59. The van der Waals surface area contributed by atoms with Crippen molar-refractivity contribution >= 4 is 5.97 Å². The van der Waals surface area contributed by atoms with Crippen LogP contribution in [0, 0.1) is 11.6 Å². The first kappa shape index (κ1) is 10.0. The van der Waals surface area contributed by atoms with E-state index in [9.17, 15) is 13.6 Å². The summed E-state index contributed by atoms with van der Waals surface area (Å²) >= 11 is 0. The summed E-state index contributed by atoms with van der Waals surface area (Å²) in [5, 5.41) is 8.76. The van der Waals surface area contributed by atoms with Crippen LogP contribution in [0.5, 0.6) is 0 Å². The average molecular weight is 213 g/mol. The summed E-state index contributed by atoms with van der Waals surface area (Å²) in [6.07, 6.45) is 0.142. The summed E-state index contributed by atoms with van der Waals surface area (Å²) in [4.78, 5) is 10.7. The zero-order valence-electron chi connectivity index (χ0n) is 7.71. The Balaban J connectivity index is 2.34. The summed E-state index contributed by atoms with van der Waals surface area (Å²) in [5.74, 6) is -3.03. The Morgan fingerprint density at radius 3 is 2.73 bits per heavy atom. The van der Waals surface area contributed by atoms with Crippen molar-refractivity contribution in [3.05, 3.63) is 35.4 Å². The van der Waals surface area contributed by atoms with Gasteiger partial charge >= 0.3 is 5.97 Å². The van der Waals surface area contributed by atoms with Crippen LogP contribution in [-0.4, -0.2) is 16.6 Å². The topological polar surface area (TPSA) is 63.3 Å². The van der Waals surface area contributed by atoms with Crippen molar-refractivity contribution in [2.24, 2.45) is 5.73 Å². The highest BCUT2D eigenvalue weighted by Crippen LogP contribution is 2.50. The Labute approximate surface area is 84.5 Å². The minimum Gasteiger partial charge on any atom is -0.480 e. The van der Waals surface area contributed by atoms with Gasteiger partial charge in [0.15, 0.2) is 0 Å². The molecule has 0 bridgehead atoms. The molecule has 5 heteroatoms. The van der Waals surface area contributed by atoms with Gasteiger partial charge in [0.2, 0.25) is 0 Å². The number of nitrogens with two attached hydrogens (primary N) is 1. The van der Waals surface area contributed by atoms with Crippen LogP contribution in [0.1, 0.15) is 17.9 Å². The molecule has 15 heavy (non-hydrogen) atoms. The van der Waals surface area contributed by atoms with Gasteiger partial charge in [-0.2, -0.15) is 0 Å². The maximum Gasteiger partial charge on any atom is 0.324 e. The third-order valence-corrected chi connectivity index (χ3v) is 2.74. The number of halogens is 2. The van der Waals surface area contributed by atoms with Crippen LogP contribution in [0.4, 0.5) is 8.78 Å². The lowest BCUT2D eigenvalue weighted by Crippen LogP contribution is -2.34. The van der Waals surface area contributed by atoms with Crippen LogP contribution in [0.2, 0.25) is 0 Å². The molecule has 1 saturated carbocycles. The van der Waals surface area contributed by atoms with Gasteiger partial charge in [0, 0.05) is 5.92 Å². The predicted octanol–water partition coefficient (Wildman–Crippen LogP) is 1.23. The number of hydrogen-bond acceptors (Lipinski definition) is 2. The summed E-state index contributed by atoms with van der Waals surface area (Å²) in [5.41, 5.74) is 4.10. The first-order chi connectivity index (χ1) is 6.95. The van der Waals surface area contributed by atoms with Crippen molar-refractivity contribution in [3.63, 3.8) is 0 Å². The van der Waals surface area contributed by atoms with Gasteiger partial charge in [0.25, 0.3) is 0 Å². The molecule has 0 saturated heterocycles. The third-order valence-electron chi connectivity index (χ3n) is 2.74. The lowest BCUT2D eigenvalue weighted by atomic mass is 10.1. The van der Waals surface area contributed by atoms with E-state index >= 15 is 0 Å². The quantitative estimate of drug-likeness (QED) is 0.776. The Hall–Kier alpha value is -1.49. The Morgan fingerprint density at radius 1 is 1.53 bits per heavy atom. The van der Waals surface area contributed by atoms with E-state index in [0.29, 0.717) is 0 Å². The van der Waals surface area contributed by atoms with Gasteiger partial charge in [-0.05, 0) is 30.2 Å². The number of carbonyl (C=O) groups is 1. The van der Waals surface area contributed by atoms with Crippen LogP contribution in [0.3, 0.4) is 0 Å². The van der Waals surface area contributed by atoms with Crippen LogP contribution >= 0.6 is 0 Å². The van der Waals surface area contributed by atoms with E-state index in [4.69, 9.17) is 10.8 Å². The largest absolute Gasteiger partial charge is 0.480 e. The molecule has 0 heterocycles. The lowest BCUT2D eigenvalue weighted by molar-refractivity contribution is -0.139. The van der Waals surface area contributed by atoms with E-state index in [1.54, 1.807) is 0 Å². The van der Waals surface area contributed by atoms with E-state index in [-0.39, 0.29) is 12.0 Å². The molecule has 0 aliphatic heterocycles. The molecule has 2 rings (SSSR count). The first-order valence-corrected chi connectivity index (χ1v) is 4.42. The maximum absolute atomic E-state index is 13.3. The van der Waals surface area contributed by atoms with Gasteiger partial charge in [-0.1, -0.05) is 0 Å². The highest BCUT2D eigenvalue weighted by molar-refractivity contribution is 5.84. The van der Waals surface area contributed by atoms with Crippen LogP contribution in [-0.2, 0) is 4.79 Å². The zero-order valence-corrected chi connectivity index (χ0v) is 7.71. The molecule has 0 aromatic heterocycles. The molecule has 80 valence electrons. The SMILES string of the molecule is N[C@]1(C(=O)O)C[C@@H]1c1cc(F)ccc1F. The van der Waals surface area contributed by atoms with Crippen molar-refractivity contribution in [1.29, 1.82) is 0 Å². The Kier molecular flexibility index (Phi) is 2.01. The first-order valence-electron chi connectivity index (χ1n) is 4.42. The average Bonchev–Trinajstić information content (AvgIpc) is 2.84. The maximum atomic E-state index is 13.3. The van der Waals surface area contributed by atoms with Gasteiger partial charge in [0.05, 0.1) is 0 Å². The van der Waals surface area contributed by atoms with Crippen LogP contribution in [0.25, 0.3) is 0 Å². The fraction of sp³-hybridized carbons (Fsp3) is 0.300. The Bertz CT molecular complexity index is 435. The van der Waals surface area contributed by atoms with Crippen molar-refractivity contribution in [1.82, 2.24) is 0 Å². The number of carboxylic acid groups (broad SMARTS) is 1. The molecule has 1 aliphatic carbocycles. The third kappa shape index (κ3) is 1.48. The van der Waals surface area contributed by atoms with Crippen LogP contribution in [0.15, 0.2) is 18.2 Å². The number of aliphatic carboxylic acids is 1. The summed E-state index contributed by atoms with van der Waals surface area (Å²) in [7, 11) is 0. The van der Waals surface area contributed by atoms with Crippen molar-refractivity contribution in [2.75, 3.05) is 0 Å². The molecule has 3 N–H and O–H groups in total. The van der Waals surface area contributed by atoms with Gasteiger partial charge in [-0.25, -0.2) is 8.78 Å². The minimum atomic E-state index is -1.44. The van der Waals surface area contributed by atoms with Crippen molar-refractivity contribution in [2.45, 2.75) is 17.9 Å². The lowest BCUT2D eigenvalue weighted by Gasteiger charge is -2.06. The second-order valence-corrected chi connectivity index (χ2v) is 3.77. The molecule has 1 aromatic carbocycles. The van der Waals surface area contributed by atoms with E-state index < -0.39 is 29.1 Å². The van der Waals surface area contributed by atoms with E-state index in [0.717, 1.165) is 18.2 Å². The molecule has 1 aromatic rings. The van der Waals surface area contributed by atoms with Crippen LogP contribution < -0.4 is 5.73 Å². The fourth-order valence-electron chi connectivity index (χ4n) is 1.68. The number of benzene rings is 1. The second kappa shape index (κ2) is 3.00. The number of carboxylic acids is 1. The standard InChI is InChI=1S/C10H9F2NO2/c11-5-1-2-8(12)6(3-5)7-4-10(7,13)9(14)15/h1-3,7H,4,13H2,(H,14,15)/t7-,10-/m1/s1. The minimum absolute atomic E-state index is 0.0416. The fourth-order valence-corrected chi connectivity index (χ4v) is 1.68. The number of hydrogen-bond donors (Lipinski definition) is 2. The molecule has 0 amide bonds. The molecule has 0 spiro atoms. The molecule has 0 unspecified atom stereocenters. The molecule has 1 fully saturated rings. The smallest absolute Gasteiger partial charge is 0.324 e. The molecule has 3 nitrogen and oxygen atoms in total. The Morgan fingerprint density at radius 2 is 2.20 bits per heavy atom. The van der Waals surface area contributed by atoms with Crippen molar-refractivity contribution in [3.8, 4) is 0 Å².